The number of aliphatic hydroxyl groups is 1. The molecule has 3 unspecified atom stereocenters. The Morgan fingerprint density at radius 2 is 2.00 bits per heavy atom. The molecule has 0 aromatic rings. The molecule has 0 aromatic carbocycles. The van der Waals surface area contributed by atoms with Crippen molar-refractivity contribution >= 4 is 0 Å². The van der Waals surface area contributed by atoms with Gasteiger partial charge in [0.1, 0.15) is 0 Å². The summed E-state index contributed by atoms with van der Waals surface area (Å²) in [5, 5.41) is 10.3. The molecule has 3 nitrogen and oxygen atoms in total. The summed E-state index contributed by atoms with van der Waals surface area (Å²) in [5.74, 6) is 1.28. The van der Waals surface area contributed by atoms with E-state index < -0.39 is 0 Å². The quantitative estimate of drug-likeness (QED) is 0.761. The van der Waals surface area contributed by atoms with E-state index in [0.717, 1.165) is 32.7 Å². The molecule has 0 amide bonds. The minimum atomic E-state index is -0.307. The summed E-state index contributed by atoms with van der Waals surface area (Å²) in [7, 11) is 0. The summed E-state index contributed by atoms with van der Waals surface area (Å²) in [6.07, 6.45) is 2.93. The Balaban J connectivity index is 2.33. The lowest BCUT2D eigenvalue weighted by Gasteiger charge is -2.35. The van der Waals surface area contributed by atoms with E-state index in [0.29, 0.717) is 11.8 Å². The van der Waals surface area contributed by atoms with Crippen LogP contribution in [0.3, 0.4) is 0 Å². The standard InChI is InChI=1S/C15H31NO2/c1-5-6-16-7-8-18-15(11-16)14(17)10-13(4)9-12(2)3/h12-15,17H,5-11H2,1-4H3. The van der Waals surface area contributed by atoms with Gasteiger partial charge in [0.15, 0.2) is 0 Å². The summed E-state index contributed by atoms with van der Waals surface area (Å²) >= 11 is 0. The third-order valence-electron chi connectivity index (χ3n) is 3.66. The first kappa shape index (κ1) is 15.9. The van der Waals surface area contributed by atoms with E-state index in [9.17, 15) is 5.11 Å². The molecule has 0 aromatic heterocycles. The summed E-state index contributed by atoms with van der Waals surface area (Å²) < 4.78 is 5.73. The van der Waals surface area contributed by atoms with E-state index in [1.165, 1.54) is 12.8 Å². The molecule has 0 spiro atoms. The van der Waals surface area contributed by atoms with Crippen LogP contribution in [0.1, 0.15) is 47.0 Å². The van der Waals surface area contributed by atoms with E-state index in [4.69, 9.17) is 4.74 Å². The second-order valence-electron chi connectivity index (χ2n) is 6.25. The number of hydrogen-bond donors (Lipinski definition) is 1. The Morgan fingerprint density at radius 3 is 2.61 bits per heavy atom. The largest absolute Gasteiger partial charge is 0.390 e. The van der Waals surface area contributed by atoms with Gasteiger partial charge in [-0.25, -0.2) is 0 Å². The van der Waals surface area contributed by atoms with Crippen molar-refractivity contribution in [3.63, 3.8) is 0 Å². The summed E-state index contributed by atoms with van der Waals surface area (Å²) in [6, 6.07) is 0. The van der Waals surface area contributed by atoms with Crippen molar-refractivity contribution in [2.24, 2.45) is 11.8 Å². The number of nitrogens with zero attached hydrogens (tertiary/aromatic N) is 1. The Morgan fingerprint density at radius 1 is 1.28 bits per heavy atom. The molecular formula is C15H31NO2. The lowest BCUT2D eigenvalue weighted by Crippen LogP contribution is -2.48. The van der Waals surface area contributed by atoms with Gasteiger partial charge in [-0.15, -0.1) is 0 Å². The first-order chi connectivity index (χ1) is 8.52. The van der Waals surface area contributed by atoms with Gasteiger partial charge in [-0.05, 0) is 37.6 Å². The molecule has 1 fully saturated rings. The van der Waals surface area contributed by atoms with Gasteiger partial charge in [0.25, 0.3) is 0 Å². The van der Waals surface area contributed by atoms with Crippen LogP contribution >= 0.6 is 0 Å². The topological polar surface area (TPSA) is 32.7 Å². The summed E-state index contributed by atoms with van der Waals surface area (Å²) in [6.45, 7) is 12.7. The highest BCUT2D eigenvalue weighted by Crippen LogP contribution is 2.20. The molecule has 0 saturated carbocycles. The van der Waals surface area contributed by atoms with Crippen LogP contribution < -0.4 is 0 Å². The molecule has 3 heteroatoms. The van der Waals surface area contributed by atoms with Crippen LogP contribution in [-0.4, -0.2) is 48.5 Å². The molecule has 3 atom stereocenters. The minimum absolute atomic E-state index is 0.0138. The molecule has 1 N–H and O–H groups in total. The van der Waals surface area contributed by atoms with Crippen LogP contribution in [0.25, 0.3) is 0 Å². The average Bonchev–Trinajstić information content (AvgIpc) is 2.28. The molecule has 1 heterocycles. The van der Waals surface area contributed by atoms with Crippen LogP contribution in [0.2, 0.25) is 0 Å². The van der Waals surface area contributed by atoms with Crippen molar-refractivity contribution in [3.8, 4) is 0 Å². The van der Waals surface area contributed by atoms with E-state index >= 15 is 0 Å². The summed E-state index contributed by atoms with van der Waals surface area (Å²) in [4.78, 5) is 2.41. The molecule has 1 aliphatic rings. The molecule has 1 aliphatic heterocycles. The van der Waals surface area contributed by atoms with Crippen molar-refractivity contribution in [1.82, 2.24) is 4.90 Å². The fourth-order valence-corrected chi connectivity index (χ4v) is 2.95. The number of morpholine rings is 1. The maximum Gasteiger partial charge on any atom is 0.0961 e. The number of rotatable bonds is 7. The molecule has 0 aliphatic carbocycles. The monoisotopic (exact) mass is 257 g/mol. The third kappa shape index (κ3) is 5.68. The normalized spacial score (nSPS) is 25.3. The zero-order valence-electron chi connectivity index (χ0n) is 12.6. The summed E-state index contributed by atoms with van der Waals surface area (Å²) in [5.41, 5.74) is 0. The second-order valence-corrected chi connectivity index (χ2v) is 6.25. The lowest BCUT2D eigenvalue weighted by molar-refractivity contribution is -0.0939. The van der Waals surface area contributed by atoms with Crippen LogP contribution in [0.4, 0.5) is 0 Å². The van der Waals surface area contributed by atoms with Crippen molar-refractivity contribution < 1.29 is 9.84 Å². The van der Waals surface area contributed by atoms with Crippen molar-refractivity contribution in [2.75, 3.05) is 26.2 Å². The molecule has 0 bridgehead atoms. The Bertz CT molecular complexity index is 219. The minimum Gasteiger partial charge on any atom is -0.390 e. The molecule has 1 saturated heterocycles. The van der Waals surface area contributed by atoms with E-state index in [2.05, 4.69) is 32.6 Å². The smallest absolute Gasteiger partial charge is 0.0961 e. The van der Waals surface area contributed by atoms with Gasteiger partial charge in [0.2, 0.25) is 0 Å². The van der Waals surface area contributed by atoms with E-state index in [1.807, 2.05) is 0 Å². The van der Waals surface area contributed by atoms with Gasteiger partial charge in [-0.2, -0.15) is 0 Å². The second kappa shape index (κ2) is 8.13. The highest BCUT2D eigenvalue weighted by atomic mass is 16.5. The Hall–Kier alpha value is -0.120. The molecular weight excluding hydrogens is 226 g/mol. The molecule has 0 radical (unpaired) electrons. The van der Waals surface area contributed by atoms with Gasteiger partial charge in [-0.3, -0.25) is 4.90 Å². The zero-order chi connectivity index (χ0) is 13.5. The van der Waals surface area contributed by atoms with E-state index in [1.54, 1.807) is 0 Å². The van der Waals surface area contributed by atoms with Gasteiger partial charge in [0, 0.05) is 13.1 Å². The predicted molar refractivity (Wildman–Crippen MR) is 75.7 cm³/mol. The fourth-order valence-electron chi connectivity index (χ4n) is 2.95. The predicted octanol–water partition coefficient (Wildman–Crippen LogP) is 2.53. The van der Waals surface area contributed by atoms with Gasteiger partial charge in [0.05, 0.1) is 18.8 Å². The highest BCUT2D eigenvalue weighted by Gasteiger charge is 2.27. The molecule has 18 heavy (non-hydrogen) atoms. The van der Waals surface area contributed by atoms with Crippen LogP contribution in [0.15, 0.2) is 0 Å². The van der Waals surface area contributed by atoms with Gasteiger partial charge in [-0.1, -0.05) is 27.7 Å². The SMILES string of the molecule is CCCN1CCOC(C(O)CC(C)CC(C)C)C1. The number of hydrogen-bond acceptors (Lipinski definition) is 3. The van der Waals surface area contributed by atoms with E-state index in [-0.39, 0.29) is 12.2 Å². The van der Waals surface area contributed by atoms with Crippen molar-refractivity contribution in [3.05, 3.63) is 0 Å². The number of aliphatic hydroxyl groups excluding tert-OH is 1. The first-order valence-corrected chi connectivity index (χ1v) is 7.54. The third-order valence-corrected chi connectivity index (χ3v) is 3.66. The lowest BCUT2D eigenvalue weighted by atomic mass is 9.91. The van der Waals surface area contributed by atoms with Gasteiger partial charge < -0.3 is 9.84 Å². The van der Waals surface area contributed by atoms with Crippen LogP contribution in [0, 0.1) is 11.8 Å². The zero-order valence-corrected chi connectivity index (χ0v) is 12.6. The van der Waals surface area contributed by atoms with Crippen molar-refractivity contribution in [2.45, 2.75) is 59.2 Å². The Kier molecular flexibility index (Phi) is 7.20. The highest BCUT2D eigenvalue weighted by molar-refractivity contribution is 4.79. The van der Waals surface area contributed by atoms with Crippen molar-refractivity contribution in [1.29, 1.82) is 0 Å². The molecule has 1 rings (SSSR count). The fraction of sp³-hybridized carbons (Fsp3) is 1.00. The Labute approximate surface area is 113 Å². The maximum absolute atomic E-state index is 10.3. The van der Waals surface area contributed by atoms with Crippen LogP contribution in [-0.2, 0) is 4.74 Å². The average molecular weight is 257 g/mol. The molecule has 108 valence electrons. The maximum atomic E-state index is 10.3. The van der Waals surface area contributed by atoms with Gasteiger partial charge >= 0.3 is 0 Å². The van der Waals surface area contributed by atoms with Crippen LogP contribution in [0.5, 0.6) is 0 Å². The number of ether oxygens (including phenoxy) is 1. The first-order valence-electron chi connectivity index (χ1n) is 7.54.